The van der Waals surface area contributed by atoms with Gasteiger partial charge in [-0.1, -0.05) is 13.8 Å². The Hall–Kier alpha value is -0.130. The molecule has 0 aromatic rings. The second kappa shape index (κ2) is 4.39. The topological polar surface area (TPSA) is 74.6 Å². The van der Waals surface area contributed by atoms with Crippen LogP contribution in [0, 0.1) is 11.8 Å². The highest BCUT2D eigenvalue weighted by Crippen LogP contribution is 2.44. The van der Waals surface area contributed by atoms with Crippen molar-refractivity contribution in [2.45, 2.75) is 31.4 Å². The van der Waals surface area contributed by atoms with E-state index < -0.39 is 14.6 Å². The Balaban J connectivity index is 3.06. The Labute approximate surface area is 91.2 Å². The van der Waals surface area contributed by atoms with Gasteiger partial charge in [0.15, 0.2) is 9.84 Å². The van der Waals surface area contributed by atoms with Crippen molar-refractivity contribution in [2.75, 3.05) is 19.0 Å². The van der Waals surface area contributed by atoms with Crippen LogP contribution in [0.2, 0.25) is 0 Å². The lowest BCUT2D eigenvalue weighted by molar-refractivity contribution is 0.205. The van der Waals surface area contributed by atoms with Crippen LogP contribution in [0.4, 0.5) is 0 Å². The lowest BCUT2D eigenvalue weighted by Crippen LogP contribution is -2.45. The van der Waals surface area contributed by atoms with E-state index in [4.69, 9.17) is 5.11 Å². The fraction of sp³-hybridized carbons (Fsp3) is 1.00. The molecule has 0 amide bonds. The standard InChI is InChI=1S/C10H20O4S/c1-3-15(13,14)10(7-12)5-9(6-11)4-8(10)2/h8-9,11-12H,3-7H2,1-2H3. The molecular weight excluding hydrogens is 216 g/mol. The van der Waals surface area contributed by atoms with E-state index in [2.05, 4.69) is 0 Å². The summed E-state index contributed by atoms with van der Waals surface area (Å²) in [4.78, 5) is 0. The van der Waals surface area contributed by atoms with Gasteiger partial charge in [-0.25, -0.2) is 8.42 Å². The molecule has 0 radical (unpaired) electrons. The van der Waals surface area contributed by atoms with Crippen molar-refractivity contribution in [1.82, 2.24) is 0 Å². The predicted molar refractivity (Wildman–Crippen MR) is 58.3 cm³/mol. The minimum atomic E-state index is -3.26. The number of hydrogen-bond acceptors (Lipinski definition) is 4. The van der Waals surface area contributed by atoms with E-state index in [1.54, 1.807) is 6.92 Å². The zero-order valence-electron chi connectivity index (χ0n) is 9.31. The van der Waals surface area contributed by atoms with Crippen LogP contribution in [-0.4, -0.2) is 42.3 Å². The van der Waals surface area contributed by atoms with E-state index in [0.29, 0.717) is 12.8 Å². The summed E-state index contributed by atoms with van der Waals surface area (Å²) in [5.41, 5.74) is 0. The Morgan fingerprint density at radius 1 is 1.40 bits per heavy atom. The van der Waals surface area contributed by atoms with Crippen molar-refractivity contribution in [1.29, 1.82) is 0 Å². The summed E-state index contributed by atoms with van der Waals surface area (Å²) in [5.74, 6) is -0.0196. The van der Waals surface area contributed by atoms with Gasteiger partial charge in [0.05, 0.1) is 11.4 Å². The molecule has 5 heteroatoms. The summed E-state index contributed by atoms with van der Waals surface area (Å²) in [7, 11) is -3.26. The minimum absolute atomic E-state index is 0.00528. The fourth-order valence-electron chi connectivity index (χ4n) is 2.67. The Morgan fingerprint density at radius 3 is 2.33 bits per heavy atom. The van der Waals surface area contributed by atoms with E-state index >= 15 is 0 Å². The molecule has 15 heavy (non-hydrogen) atoms. The molecular formula is C10H20O4S. The normalized spacial score (nSPS) is 37.1. The third-order valence-corrected chi connectivity index (χ3v) is 6.44. The van der Waals surface area contributed by atoms with Crippen LogP contribution in [0.5, 0.6) is 0 Å². The van der Waals surface area contributed by atoms with Gasteiger partial charge in [-0.15, -0.1) is 0 Å². The second-order valence-electron chi connectivity index (χ2n) is 4.52. The Morgan fingerprint density at radius 2 is 2.00 bits per heavy atom. The molecule has 1 aliphatic rings. The van der Waals surface area contributed by atoms with Gasteiger partial charge in [0, 0.05) is 12.4 Å². The van der Waals surface area contributed by atoms with E-state index in [1.165, 1.54) is 0 Å². The smallest absolute Gasteiger partial charge is 0.158 e. The first-order valence-corrected chi connectivity index (χ1v) is 7.02. The first-order chi connectivity index (χ1) is 6.93. The average molecular weight is 236 g/mol. The van der Waals surface area contributed by atoms with Crippen molar-refractivity contribution >= 4 is 9.84 Å². The highest BCUT2D eigenvalue weighted by Gasteiger charge is 2.52. The molecule has 0 heterocycles. The second-order valence-corrected chi connectivity index (χ2v) is 7.14. The van der Waals surface area contributed by atoms with Crippen molar-refractivity contribution in [3.63, 3.8) is 0 Å². The molecule has 0 bridgehead atoms. The molecule has 4 nitrogen and oxygen atoms in total. The predicted octanol–water partition coefficient (Wildman–Crippen LogP) is 0.191. The van der Waals surface area contributed by atoms with Crippen molar-refractivity contribution in [3.05, 3.63) is 0 Å². The van der Waals surface area contributed by atoms with E-state index in [-0.39, 0.29) is 30.8 Å². The molecule has 1 rings (SSSR count). The molecule has 0 saturated heterocycles. The van der Waals surface area contributed by atoms with Gasteiger partial charge >= 0.3 is 0 Å². The quantitative estimate of drug-likeness (QED) is 0.731. The first-order valence-electron chi connectivity index (χ1n) is 5.37. The molecule has 0 aromatic heterocycles. The van der Waals surface area contributed by atoms with Gasteiger partial charge in [-0.05, 0) is 24.7 Å². The number of hydrogen-bond donors (Lipinski definition) is 2. The molecule has 1 aliphatic carbocycles. The van der Waals surface area contributed by atoms with Crippen molar-refractivity contribution in [3.8, 4) is 0 Å². The molecule has 0 aromatic carbocycles. The SMILES string of the molecule is CCS(=O)(=O)C1(CO)CC(CO)CC1C. The Kier molecular flexibility index (Phi) is 3.79. The number of aliphatic hydroxyl groups excluding tert-OH is 2. The van der Waals surface area contributed by atoms with Crippen LogP contribution in [0.25, 0.3) is 0 Å². The monoisotopic (exact) mass is 236 g/mol. The largest absolute Gasteiger partial charge is 0.396 e. The summed E-state index contributed by atoms with van der Waals surface area (Å²) in [6, 6.07) is 0. The van der Waals surface area contributed by atoms with Crippen LogP contribution in [0.3, 0.4) is 0 Å². The molecule has 3 atom stereocenters. The summed E-state index contributed by atoms with van der Waals surface area (Å²) < 4.78 is 23.0. The fourth-order valence-corrected chi connectivity index (χ4v) is 4.64. The van der Waals surface area contributed by atoms with Gasteiger partial charge in [0.2, 0.25) is 0 Å². The highest BCUT2D eigenvalue weighted by atomic mass is 32.2. The Bertz CT molecular complexity index is 311. The minimum Gasteiger partial charge on any atom is -0.396 e. The average Bonchev–Trinajstić information content (AvgIpc) is 2.56. The molecule has 2 N–H and O–H groups in total. The van der Waals surface area contributed by atoms with Crippen LogP contribution < -0.4 is 0 Å². The van der Waals surface area contributed by atoms with Crippen LogP contribution in [-0.2, 0) is 9.84 Å². The maximum atomic E-state index is 12.0. The maximum Gasteiger partial charge on any atom is 0.158 e. The first kappa shape index (κ1) is 12.9. The van der Waals surface area contributed by atoms with Gasteiger partial charge in [-0.2, -0.15) is 0 Å². The van der Waals surface area contributed by atoms with Gasteiger partial charge in [0.25, 0.3) is 0 Å². The molecule has 0 spiro atoms. The van der Waals surface area contributed by atoms with Crippen molar-refractivity contribution in [2.24, 2.45) is 11.8 Å². The van der Waals surface area contributed by atoms with Gasteiger partial charge < -0.3 is 10.2 Å². The summed E-state index contributed by atoms with van der Waals surface area (Å²) in [6.45, 7) is 3.12. The van der Waals surface area contributed by atoms with Gasteiger partial charge in [-0.3, -0.25) is 0 Å². The van der Waals surface area contributed by atoms with Crippen LogP contribution >= 0.6 is 0 Å². The molecule has 1 fully saturated rings. The van der Waals surface area contributed by atoms with E-state index in [0.717, 1.165) is 0 Å². The van der Waals surface area contributed by atoms with E-state index in [1.807, 2.05) is 6.92 Å². The zero-order chi connectivity index (χ0) is 11.7. The number of sulfone groups is 1. The summed E-state index contributed by atoms with van der Waals surface area (Å²) in [5, 5.41) is 18.5. The third kappa shape index (κ3) is 1.92. The molecule has 3 unspecified atom stereocenters. The molecule has 1 saturated carbocycles. The zero-order valence-corrected chi connectivity index (χ0v) is 10.1. The molecule has 90 valence electrons. The molecule has 0 aliphatic heterocycles. The lowest BCUT2D eigenvalue weighted by atomic mass is 9.98. The summed E-state index contributed by atoms with van der Waals surface area (Å²) in [6.07, 6.45) is 1.06. The van der Waals surface area contributed by atoms with E-state index in [9.17, 15) is 13.5 Å². The van der Waals surface area contributed by atoms with Crippen LogP contribution in [0.1, 0.15) is 26.7 Å². The number of aliphatic hydroxyl groups is 2. The summed E-state index contributed by atoms with van der Waals surface area (Å²) >= 11 is 0. The highest BCUT2D eigenvalue weighted by molar-refractivity contribution is 7.92. The van der Waals surface area contributed by atoms with Gasteiger partial charge in [0.1, 0.15) is 0 Å². The third-order valence-electron chi connectivity index (χ3n) is 3.74. The van der Waals surface area contributed by atoms with Crippen molar-refractivity contribution < 1.29 is 18.6 Å². The maximum absolute atomic E-state index is 12.0. The van der Waals surface area contributed by atoms with Crippen LogP contribution in [0.15, 0.2) is 0 Å². The lowest BCUT2D eigenvalue weighted by Gasteiger charge is -2.30. The number of rotatable bonds is 4.